The van der Waals surface area contributed by atoms with Crippen LogP contribution in [0.5, 0.6) is 5.88 Å². The number of carboxylic acid groups (broad SMARTS) is 1. The molecule has 0 spiro atoms. The Hall–Kier alpha value is -1.97. The SMILES string of the molecule is CSCCC(C(=O)O)n1c(O)c(C2=c3ccccc3=NC2=O)sc1=S. The van der Waals surface area contributed by atoms with E-state index in [1.54, 1.807) is 24.3 Å². The molecule has 25 heavy (non-hydrogen) atoms. The van der Waals surface area contributed by atoms with Gasteiger partial charge in [-0.3, -0.25) is 9.36 Å². The third kappa shape index (κ3) is 3.14. The first-order chi connectivity index (χ1) is 12.0. The van der Waals surface area contributed by atoms with Gasteiger partial charge in [0.2, 0.25) is 5.88 Å². The summed E-state index contributed by atoms with van der Waals surface area (Å²) in [7, 11) is 0. The number of hydrogen-bond acceptors (Lipinski definition) is 6. The van der Waals surface area contributed by atoms with Gasteiger partial charge in [-0.05, 0) is 36.7 Å². The van der Waals surface area contributed by atoms with Crippen LogP contribution in [-0.2, 0) is 9.59 Å². The molecule has 1 aliphatic rings. The van der Waals surface area contributed by atoms with Crippen LogP contribution in [0.4, 0.5) is 0 Å². The van der Waals surface area contributed by atoms with E-state index in [1.165, 1.54) is 16.3 Å². The van der Waals surface area contributed by atoms with Crippen LogP contribution in [0.15, 0.2) is 29.3 Å². The largest absolute Gasteiger partial charge is 0.493 e. The van der Waals surface area contributed by atoms with Crippen molar-refractivity contribution in [1.29, 1.82) is 0 Å². The number of benzene rings is 1. The van der Waals surface area contributed by atoms with Gasteiger partial charge in [0.25, 0.3) is 5.91 Å². The molecule has 1 unspecified atom stereocenters. The highest BCUT2D eigenvalue weighted by molar-refractivity contribution is 7.98. The molecule has 1 aromatic heterocycles. The first-order valence-electron chi connectivity index (χ1n) is 7.34. The molecule has 0 saturated heterocycles. The maximum absolute atomic E-state index is 12.3. The molecule has 1 aromatic carbocycles. The van der Waals surface area contributed by atoms with E-state index in [0.29, 0.717) is 22.7 Å². The van der Waals surface area contributed by atoms with Gasteiger partial charge in [0.15, 0.2) is 3.95 Å². The standard InChI is InChI=1S/C16H14N2O4S3/c1-24-7-6-10(15(21)22)18-14(20)12(25-16(18)23)11-8-4-2-3-5-9(8)17-13(11)19/h2-5,10,20H,6-7H2,1H3,(H,21,22). The fraction of sp³-hybridized carbons (Fsp3) is 0.250. The first-order valence-corrected chi connectivity index (χ1v) is 9.96. The Morgan fingerprint density at radius 3 is 2.84 bits per heavy atom. The van der Waals surface area contributed by atoms with Crippen LogP contribution in [0.3, 0.4) is 0 Å². The average molecular weight is 394 g/mol. The quantitative estimate of drug-likeness (QED) is 0.725. The predicted octanol–water partition coefficient (Wildman–Crippen LogP) is 1.72. The summed E-state index contributed by atoms with van der Waals surface area (Å²) in [5.74, 6) is -1.22. The summed E-state index contributed by atoms with van der Waals surface area (Å²) in [5.41, 5.74) is 0.261. The van der Waals surface area contributed by atoms with E-state index in [9.17, 15) is 19.8 Å². The number of rotatable bonds is 6. The molecular formula is C16H14N2O4S3. The van der Waals surface area contributed by atoms with Crippen LogP contribution < -0.4 is 10.6 Å². The molecule has 9 heteroatoms. The molecule has 1 aliphatic heterocycles. The van der Waals surface area contributed by atoms with Gasteiger partial charge in [-0.15, -0.1) is 11.3 Å². The lowest BCUT2D eigenvalue weighted by atomic mass is 10.1. The number of carboxylic acids is 1. The Morgan fingerprint density at radius 2 is 2.16 bits per heavy atom. The van der Waals surface area contributed by atoms with Crippen LogP contribution >= 0.6 is 35.3 Å². The lowest BCUT2D eigenvalue weighted by molar-refractivity contribution is -0.141. The number of thioether (sulfide) groups is 1. The van der Waals surface area contributed by atoms with Crippen molar-refractivity contribution in [2.24, 2.45) is 4.99 Å². The minimum absolute atomic E-state index is 0.214. The smallest absolute Gasteiger partial charge is 0.326 e. The Balaban J connectivity index is 2.20. The van der Waals surface area contributed by atoms with Gasteiger partial charge in [-0.25, -0.2) is 9.79 Å². The molecule has 0 aliphatic carbocycles. The van der Waals surface area contributed by atoms with Gasteiger partial charge < -0.3 is 10.2 Å². The van der Waals surface area contributed by atoms with Crippen molar-refractivity contribution < 1.29 is 19.8 Å². The molecule has 3 rings (SSSR count). The molecule has 6 nitrogen and oxygen atoms in total. The van der Waals surface area contributed by atoms with Crippen molar-refractivity contribution in [3.63, 3.8) is 0 Å². The highest BCUT2D eigenvalue weighted by Crippen LogP contribution is 2.36. The number of nitrogens with zero attached hydrogens (tertiary/aromatic N) is 2. The third-order valence-electron chi connectivity index (χ3n) is 3.85. The maximum atomic E-state index is 12.3. The summed E-state index contributed by atoms with van der Waals surface area (Å²) in [5, 5.41) is 21.3. The first kappa shape index (κ1) is 17.8. The number of hydrogen-bond donors (Lipinski definition) is 2. The minimum Gasteiger partial charge on any atom is -0.493 e. The lowest BCUT2D eigenvalue weighted by Crippen LogP contribution is -2.22. The Kier molecular flexibility index (Phi) is 5.07. The number of carbonyl (C=O) groups excluding carboxylic acids is 1. The minimum atomic E-state index is -1.07. The van der Waals surface area contributed by atoms with Crippen LogP contribution in [0.2, 0.25) is 0 Å². The number of aromatic nitrogens is 1. The second-order valence-corrected chi connectivity index (χ2v) is 7.97. The van der Waals surface area contributed by atoms with Crippen LogP contribution in [0.1, 0.15) is 17.3 Å². The molecular weight excluding hydrogens is 380 g/mol. The molecule has 1 atom stereocenters. The van der Waals surface area contributed by atoms with Gasteiger partial charge in [0, 0.05) is 5.22 Å². The number of para-hydroxylation sites is 1. The molecule has 1 amide bonds. The number of thiazole rings is 1. The van der Waals surface area contributed by atoms with Crippen LogP contribution in [0.25, 0.3) is 5.57 Å². The Morgan fingerprint density at radius 1 is 1.44 bits per heavy atom. The van der Waals surface area contributed by atoms with Crippen molar-refractivity contribution >= 4 is 52.8 Å². The van der Waals surface area contributed by atoms with Gasteiger partial charge in [0.05, 0.1) is 10.9 Å². The molecule has 130 valence electrons. The zero-order valence-electron chi connectivity index (χ0n) is 13.1. The van der Waals surface area contributed by atoms with Gasteiger partial charge in [-0.2, -0.15) is 11.8 Å². The highest BCUT2D eigenvalue weighted by atomic mass is 32.2. The van der Waals surface area contributed by atoms with E-state index in [2.05, 4.69) is 4.99 Å². The zero-order chi connectivity index (χ0) is 18.1. The molecule has 2 N–H and O–H groups in total. The Bertz CT molecular complexity index is 1040. The Labute approximate surface area is 156 Å². The number of aromatic hydroxyl groups is 1. The van der Waals surface area contributed by atoms with E-state index < -0.39 is 17.9 Å². The van der Waals surface area contributed by atoms with Crippen molar-refractivity contribution in [1.82, 2.24) is 4.57 Å². The van der Waals surface area contributed by atoms with E-state index in [1.807, 2.05) is 6.26 Å². The third-order valence-corrected chi connectivity index (χ3v) is 5.90. The summed E-state index contributed by atoms with van der Waals surface area (Å²) < 4.78 is 1.43. The van der Waals surface area contributed by atoms with E-state index >= 15 is 0 Å². The van der Waals surface area contributed by atoms with Crippen molar-refractivity contribution in [2.75, 3.05) is 12.0 Å². The number of fused-ring (bicyclic) bond motifs is 1. The summed E-state index contributed by atoms with van der Waals surface area (Å²) in [6.07, 6.45) is 2.20. The van der Waals surface area contributed by atoms with Gasteiger partial charge in [0.1, 0.15) is 10.9 Å². The summed E-state index contributed by atoms with van der Waals surface area (Å²) in [6, 6.07) is 6.03. The number of aliphatic carboxylic acids is 1. The fourth-order valence-corrected chi connectivity index (χ4v) is 4.59. The summed E-state index contributed by atoms with van der Waals surface area (Å²) >= 11 is 7.81. The zero-order valence-corrected chi connectivity index (χ0v) is 15.6. The predicted molar refractivity (Wildman–Crippen MR) is 99.2 cm³/mol. The van der Waals surface area contributed by atoms with E-state index in [0.717, 1.165) is 11.3 Å². The van der Waals surface area contributed by atoms with Crippen LogP contribution in [0, 0.1) is 3.95 Å². The summed E-state index contributed by atoms with van der Waals surface area (Å²) in [6.45, 7) is 0. The number of amides is 1. The monoisotopic (exact) mass is 394 g/mol. The van der Waals surface area contributed by atoms with Crippen molar-refractivity contribution in [3.05, 3.63) is 43.7 Å². The normalized spacial score (nSPS) is 14.3. The maximum Gasteiger partial charge on any atom is 0.326 e. The molecule has 0 bridgehead atoms. The average Bonchev–Trinajstić information content (AvgIpc) is 3.04. The number of carbonyl (C=O) groups is 2. The second-order valence-electron chi connectivity index (χ2n) is 5.34. The lowest BCUT2D eigenvalue weighted by Gasteiger charge is -2.14. The van der Waals surface area contributed by atoms with Crippen LogP contribution in [-0.4, -0.2) is 38.7 Å². The molecule has 0 saturated carbocycles. The molecule has 2 aromatic rings. The van der Waals surface area contributed by atoms with Gasteiger partial charge in [-0.1, -0.05) is 18.2 Å². The topological polar surface area (TPSA) is 91.9 Å². The molecule has 0 fully saturated rings. The molecule has 2 heterocycles. The van der Waals surface area contributed by atoms with Gasteiger partial charge >= 0.3 is 5.97 Å². The molecule has 0 radical (unpaired) electrons. The summed E-state index contributed by atoms with van der Waals surface area (Å²) in [4.78, 5) is 28.2. The van der Waals surface area contributed by atoms with E-state index in [4.69, 9.17) is 12.2 Å². The fourth-order valence-electron chi connectivity index (χ4n) is 2.69. The van der Waals surface area contributed by atoms with Crippen molar-refractivity contribution in [3.8, 4) is 5.88 Å². The second kappa shape index (κ2) is 7.11. The van der Waals surface area contributed by atoms with E-state index in [-0.39, 0.29) is 20.3 Å². The highest BCUT2D eigenvalue weighted by Gasteiger charge is 2.29. The van der Waals surface area contributed by atoms with Crippen molar-refractivity contribution in [2.45, 2.75) is 12.5 Å².